The molecule has 18 heavy (non-hydrogen) atoms. The van der Waals surface area contributed by atoms with Gasteiger partial charge in [0.05, 0.1) is 6.10 Å². The molecule has 102 valence electrons. The fourth-order valence-electron chi connectivity index (χ4n) is 2.46. The van der Waals surface area contributed by atoms with Crippen LogP contribution in [0.2, 0.25) is 0 Å². The molecule has 2 unspecified atom stereocenters. The number of ether oxygens (including phenoxy) is 1. The van der Waals surface area contributed by atoms with Gasteiger partial charge in [-0.05, 0) is 36.8 Å². The molecule has 0 bridgehead atoms. The lowest BCUT2D eigenvalue weighted by Gasteiger charge is -2.15. The largest absolute Gasteiger partial charge is 0.381 e. The van der Waals surface area contributed by atoms with E-state index in [1.54, 1.807) is 0 Å². The summed E-state index contributed by atoms with van der Waals surface area (Å²) in [6.07, 6.45) is 4.08. The lowest BCUT2D eigenvalue weighted by atomic mass is 9.95. The molecule has 3 heteroatoms. The van der Waals surface area contributed by atoms with Crippen LogP contribution in [0.15, 0.2) is 12.1 Å². The number of thiophene rings is 1. The Hall–Kier alpha value is -0.380. The van der Waals surface area contributed by atoms with Crippen LogP contribution in [0, 0.1) is 0 Å². The van der Waals surface area contributed by atoms with E-state index in [-0.39, 0.29) is 5.41 Å². The predicted octanol–water partition coefficient (Wildman–Crippen LogP) is 3.70. The standard InChI is InChI=1S/C15H25NOS/c1-15(2,3)14-8-7-13(18-14)10-16-11-5-6-12(9-11)17-4/h7-8,11-12,16H,5-6,9-10H2,1-4H3. The Morgan fingerprint density at radius 1 is 1.33 bits per heavy atom. The van der Waals surface area contributed by atoms with Crippen molar-refractivity contribution in [3.05, 3.63) is 21.9 Å². The molecule has 1 N–H and O–H groups in total. The third-order valence-electron chi connectivity index (χ3n) is 3.68. The molecule has 1 aromatic rings. The van der Waals surface area contributed by atoms with E-state index in [4.69, 9.17) is 4.74 Å². The second kappa shape index (κ2) is 5.72. The van der Waals surface area contributed by atoms with Crippen LogP contribution in [-0.2, 0) is 16.7 Å². The van der Waals surface area contributed by atoms with Crippen LogP contribution < -0.4 is 5.32 Å². The molecule has 1 fully saturated rings. The van der Waals surface area contributed by atoms with E-state index in [9.17, 15) is 0 Å². The van der Waals surface area contributed by atoms with Crippen molar-refractivity contribution < 1.29 is 4.74 Å². The highest BCUT2D eigenvalue weighted by Gasteiger charge is 2.24. The van der Waals surface area contributed by atoms with E-state index >= 15 is 0 Å². The Labute approximate surface area is 115 Å². The van der Waals surface area contributed by atoms with Gasteiger partial charge in [-0.25, -0.2) is 0 Å². The van der Waals surface area contributed by atoms with Crippen LogP contribution in [0.5, 0.6) is 0 Å². The first-order chi connectivity index (χ1) is 8.49. The van der Waals surface area contributed by atoms with Gasteiger partial charge in [-0.1, -0.05) is 20.8 Å². The molecule has 1 heterocycles. The number of rotatable bonds is 4. The van der Waals surface area contributed by atoms with Gasteiger partial charge in [0.2, 0.25) is 0 Å². The molecular weight excluding hydrogens is 242 g/mol. The van der Waals surface area contributed by atoms with E-state index < -0.39 is 0 Å². The Kier molecular flexibility index (Phi) is 4.46. The molecule has 0 saturated heterocycles. The lowest BCUT2D eigenvalue weighted by molar-refractivity contribution is 0.107. The molecule has 2 atom stereocenters. The van der Waals surface area contributed by atoms with Crippen molar-refractivity contribution in [1.29, 1.82) is 0 Å². The summed E-state index contributed by atoms with van der Waals surface area (Å²) in [6.45, 7) is 7.82. The minimum Gasteiger partial charge on any atom is -0.381 e. The Balaban J connectivity index is 1.82. The Bertz CT molecular complexity index is 380. The summed E-state index contributed by atoms with van der Waals surface area (Å²) in [5.74, 6) is 0. The zero-order valence-corrected chi connectivity index (χ0v) is 12.8. The van der Waals surface area contributed by atoms with Gasteiger partial charge in [0.15, 0.2) is 0 Å². The van der Waals surface area contributed by atoms with E-state index in [1.165, 1.54) is 22.6 Å². The fraction of sp³-hybridized carbons (Fsp3) is 0.733. The summed E-state index contributed by atoms with van der Waals surface area (Å²) < 4.78 is 5.40. The first-order valence-electron chi connectivity index (χ1n) is 6.84. The van der Waals surface area contributed by atoms with Gasteiger partial charge in [0, 0.05) is 29.5 Å². The second-order valence-electron chi connectivity index (χ2n) is 6.26. The summed E-state index contributed by atoms with van der Waals surface area (Å²) in [6, 6.07) is 5.17. The van der Waals surface area contributed by atoms with Gasteiger partial charge in [-0.2, -0.15) is 0 Å². The maximum Gasteiger partial charge on any atom is 0.0586 e. The van der Waals surface area contributed by atoms with Gasteiger partial charge in [-0.15, -0.1) is 11.3 Å². The highest BCUT2D eigenvalue weighted by Crippen LogP contribution is 2.29. The molecule has 2 nitrogen and oxygen atoms in total. The maximum absolute atomic E-state index is 5.40. The first kappa shape index (κ1) is 14.0. The van der Waals surface area contributed by atoms with Crippen LogP contribution in [0.1, 0.15) is 49.8 Å². The third kappa shape index (κ3) is 3.56. The monoisotopic (exact) mass is 267 g/mol. The van der Waals surface area contributed by atoms with Crippen LogP contribution in [0.25, 0.3) is 0 Å². The molecule has 1 aromatic heterocycles. The lowest BCUT2D eigenvalue weighted by Crippen LogP contribution is -2.26. The number of hydrogen-bond donors (Lipinski definition) is 1. The number of methoxy groups -OCH3 is 1. The second-order valence-corrected chi connectivity index (χ2v) is 7.43. The minimum absolute atomic E-state index is 0.275. The molecule has 0 aliphatic heterocycles. The van der Waals surface area contributed by atoms with Crippen molar-refractivity contribution in [3.8, 4) is 0 Å². The van der Waals surface area contributed by atoms with E-state index in [0.717, 1.165) is 13.0 Å². The predicted molar refractivity (Wildman–Crippen MR) is 78.3 cm³/mol. The molecule has 2 rings (SSSR count). The normalized spacial score (nSPS) is 24.7. The zero-order valence-electron chi connectivity index (χ0n) is 12.0. The van der Waals surface area contributed by atoms with Crippen molar-refractivity contribution in [1.82, 2.24) is 5.32 Å². The van der Waals surface area contributed by atoms with Crippen LogP contribution >= 0.6 is 11.3 Å². The van der Waals surface area contributed by atoms with Gasteiger partial charge in [0.25, 0.3) is 0 Å². The van der Waals surface area contributed by atoms with Gasteiger partial charge in [-0.3, -0.25) is 0 Å². The van der Waals surface area contributed by atoms with Crippen molar-refractivity contribution in [2.45, 2.75) is 64.1 Å². The van der Waals surface area contributed by atoms with Crippen LogP contribution in [0.4, 0.5) is 0 Å². The Morgan fingerprint density at radius 3 is 2.67 bits per heavy atom. The van der Waals surface area contributed by atoms with Gasteiger partial charge in [0.1, 0.15) is 0 Å². The molecule has 1 saturated carbocycles. The topological polar surface area (TPSA) is 21.3 Å². The average molecular weight is 267 g/mol. The van der Waals surface area contributed by atoms with E-state index in [1.807, 2.05) is 18.4 Å². The van der Waals surface area contributed by atoms with Gasteiger partial charge >= 0.3 is 0 Å². The zero-order chi connectivity index (χ0) is 13.2. The Morgan fingerprint density at radius 2 is 2.11 bits per heavy atom. The highest BCUT2D eigenvalue weighted by molar-refractivity contribution is 7.12. The number of nitrogens with one attached hydrogen (secondary N) is 1. The summed E-state index contributed by atoms with van der Waals surface area (Å²) in [5, 5.41) is 3.66. The third-order valence-corrected chi connectivity index (χ3v) is 5.19. The molecule has 0 amide bonds. The van der Waals surface area contributed by atoms with E-state index in [0.29, 0.717) is 12.1 Å². The molecule has 0 spiro atoms. The molecule has 1 aliphatic rings. The SMILES string of the molecule is COC1CCC(NCc2ccc(C(C)(C)C)s2)C1. The van der Waals surface area contributed by atoms with Gasteiger partial charge < -0.3 is 10.1 Å². The minimum atomic E-state index is 0.275. The highest BCUT2D eigenvalue weighted by atomic mass is 32.1. The first-order valence-corrected chi connectivity index (χ1v) is 7.66. The number of hydrogen-bond acceptors (Lipinski definition) is 3. The molecule has 1 aliphatic carbocycles. The maximum atomic E-state index is 5.40. The fourth-order valence-corrected chi connectivity index (χ4v) is 3.48. The van der Waals surface area contributed by atoms with Crippen molar-refractivity contribution >= 4 is 11.3 Å². The quantitative estimate of drug-likeness (QED) is 0.898. The molecular formula is C15H25NOS. The average Bonchev–Trinajstić information content (AvgIpc) is 2.94. The summed E-state index contributed by atoms with van der Waals surface area (Å²) in [7, 11) is 1.82. The van der Waals surface area contributed by atoms with Crippen LogP contribution in [0.3, 0.4) is 0 Å². The van der Waals surface area contributed by atoms with E-state index in [2.05, 4.69) is 38.2 Å². The molecule has 0 aromatic carbocycles. The summed E-state index contributed by atoms with van der Waals surface area (Å²) in [4.78, 5) is 2.92. The van der Waals surface area contributed by atoms with Crippen LogP contribution in [-0.4, -0.2) is 19.3 Å². The summed E-state index contributed by atoms with van der Waals surface area (Å²) in [5.41, 5.74) is 0.275. The van der Waals surface area contributed by atoms with Crippen molar-refractivity contribution in [2.24, 2.45) is 0 Å². The summed E-state index contributed by atoms with van der Waals surface area (Å²) >= 11 is 1.94. The smallest absolute Gasteiger partial charge is 0.0586 e. The van der Waals surface area contributed by atoms with Crippen molar-refractivity contribution in [3.63, 3.8) is 0 Å². The van der Waals surface area contributed by atoms with Crippen molar-refractivity contribution in [2.75, 3.05) is 7.11 Å². The molecule has 0 radical (unpaired) electrons.